The largest absolute Gasteiger partial charge is 0.353 e. The molecular formula is C16H31N3O. The summed E-state index contributed by atoms with van der Waals surface area (Å²) in [5.41, 5.74) is 0. The normalized spacial score (nSPS) is 22.2. The van der Waals surface area contributed by atoms with Crippen LogP contribution in [0, 0.1) is 5.92 Å². The van der Waals surface area contributed by atoms with Crippen molar-refractivity contribution in [3.8, 4) is 0 Å². The van der Waals surface area contributed by atoms with Crippen molar-refractivity contribution in [1.29, 1.82) is 0 Å². The second-order valence-corrected chi connectivity index (χ2v) is 6.48. The molecule has 1 saturated carbocycles. The van der Waals surface area contributed by atoms with E-state index in [0.29, 0.717) is 12.5 Å². The maximum absolute atomic E-state index is 11.9. The smallest absolute Gasteiger partial charge is 0.221 e. The van der Waals surface area contributed by atoms with E-state index in [9.17, 15) is 4.79 Å². The fourth-order valence-electron chi connectivity index (χ4n) is 3.48. The third kappa shape index (κ3) is 5.41. The fourth-order valence-corrected chi connectivity index (χ4v) is 3.48. The number of hydrogen-bond acceptors (Lipinski definition) is 3. The van der Waals surface area contributed by atoms with E-state index in [2.05, 4.69) is 15.5 Å². The summed E-state index contributed by atoms with van der Waals surface area (Å²) < 4.78 is 0. The molecule has 2 fully saturated rings. The Balaban J connectivity index is 1.55. The zero-order valence-electron chi connectivity index (χ0n) is 13.0. The number of hydrogen-bond donors (Lipinski definition) is 2. The molecule has 0 radical (unpaired) electrons. The van der Waals surface area contributed by atoms with Crippen LogP contribution < -0.4 is 10.6 Å². The first kappa shape index (κ1) is 15.8. The van der Waals surface area contributed by atoms with Crippen molar-refractivity contribution >= 4 is 5.91 Å². The lowest BCUT2D eigenvalue weighted by Crippen LogP contribution is -2.39. The van der Waals surface area contributed by atoms with Crippen LogP contribution in [0.15, 0.2) is 0 Å². The molecule has 1 aliphatic heterocycles. The van der Waals surface area contributed by atoms with E-state index in [4.69, 9.17) is 0 Å². The van der Waals surface area contributed by atoms with Gasteiger partial charge in [-0.3, -0.25) is 4.79 Å². The molecule has 0 aromatic carbocycles. The van der Waals surface area contributed by atoms with Gasteiger partial charge in [0.25, 0.3) is 0 Å². The van der Waals surface area contributed by atoms with Gasteiger partial charge in [-0.05, 0) is 64.7 Å². The molecule has 0 aromatic rings. The Morgan fingerprint density at radius 1 is 1.15 bits per heavy atom. The van der Waals surface area contributed by atoms with Crippen molar-refractivity contribution in [3.63, 3.8) is 0 Å². The average molecular weight is 281 g/mol. The number of nitrogens with one attached hydrogen (secondary N) is 2. The van der Waals surface area contributed by atoms with Crippen LogP contribution in [0.5, 0.6) is 0 Å². The zero-order valence-corrected chi connectivity index (χ0v) is 13.0. The summed E-state index contributed by atoms with van der Waals surface area (Å²) in [5, 5.41) is 6.42. The summed E-state index contributed by atoms with van der Waals surface area (Å²) in [6.07, 6.45) is 9.50. The van der Waals surface area contributed by atoms with Crippen molar-refractivity contribution in [2.75, 3.05) is 33.2 Å². The highest BCUT2D eigenvalue weighted by molar-refractivity contribution is 5.76. The summed E-state index contributed by atoms with van der Waals surface area (Å²) in [6.45, 7) is 4.42. The topological polar surface area (TPSA) is 44.4 Å². The van der Waals surface area contributed by atoms with Gasteiger partial charge < -0.3 is 15.5 Å². The van der Waals surface area contributed by atoms with Crippen molar-refractivity contribution in [2.45, 2.75) is 57.4 Å². The first-order chi connectivity index (χ1) is 9.78. The number of amides is 1. The molecule has 20 heavy (non-hydrogen) atoms. The monoisotopic (exact) mass is 281 g/mol. The SMILES string of the molecule is CNCCC1CCN(CCC(=O)NC2CCCC2)CC1. The molecule has 1 aliphatic carbocycles. The molecule has 116 valence electrons. The summed E-state index contributed by atoms with van der Waals surface area (Å²) in [4.78, 5) is 14.4. The third-order valence-corrected chi connectivity index (χ3v) is 4.89. The lowest BCUT2D eigenvalue weighted by Gasteiger charge is -2.31. The van der Waals surface area contributed by atoms with Gasteiger partial charge >= 0.3 is 0 Å². The minimum absolute atomic E-state index is 0.259. The summed E-state index contributed by atoms with van der Waals surface area (Å²) in [5.74, 6) is 1.14. The molecule has 1 heterocycles. The molecule has 0 bridgehead atoms. The number of piperidine rings is 1. The average Bonchev–Trinajstić information content (AvgIpc) is 2.97. The molecule has 2 aliphatic rings. The van der Waals surface area contributed by atoms with Crippen LogP contribution in [0.25, 0.3) is 0 Å². The summed E-state index contributed by atoms with van der Waals surface area (Å²) in [6, 6.07) is 0.467. The maximum atomic E-state index is 11.9. The standard InChI is InChI=1S/C16H31N3O/c1-17-10-6-14-7-11-19(12-8-14)13-9-16(20)18-15-4-2-3-5-15/h14-15,17H,2-13H2,1H3,(H,18,20). The van der Waals surface area contributed by atoms with Crippen LogP contribution in [0.1, 0.15) is 51.4 Å². The zero-order chi connectivity index (χ0) is 14.2. The van der Waals surface area contributed by atoms with E-state index in [0.717, 1.165) is 19.0 Å². The van der Waals surface area contributed by atoms with E-state index < -0.39 is 0 Å². The van der Waals surface area contributed by atoms with Crippen molar-refractivity contribution in [2.24, 2.45) is 5.92 Å². The van der Waals surface area contributed by atoms with E-state index >= 15 is 0 Å². The Morgan fingerprint density at radius 2 is 1.85 bits per heavy atom. The van der Waals surface area contributed by atoms with Crippen LogP contribution in [-0.2, 0) is 4.79 Å². The van der Waals surface area contributed by atoms with Gasteiger partial charge in [0.15, 0.2) is 0 Å². The number of rotatable bonds is 7. The van der Waals surface area contributed by atoms with Crippen molar-refractivity contribution in [1.82, 2.24) is 15.5 Å². The van der Waals surface area contributed by atoms with Crippen LogP contribution in [0.2, 0.25) is 0 Å². The van der Waals surface area contributed by atoms with Crippen LogP contribution in [-0.4, -0.2) is 50.1 Å². The van der Waals surface area contributed by atoms with Crippen LogP contribution >= 0.6 is 0 Å². The highest BCUT2D eigenvalue weighted by atomic mass is 16.1. The second kappa shape index (κ2) is 8.63. The molecular weight excluding hydrogens is 250 g/mol. The number of carbonyl (C=O) groups excluding carboxylic acids is 1. The second-order valence-electron chi connectivity index (χ2n) is 6.48. The molecule has 0 atom stereocenters. The van der Waals surface area contributed by atoms with Gasteiger partial charge in [0.1, 0.15) is 0 Å². The van der Waals surface area contributed by atoms with Gasteiger partial charge in [0.2, 0.25) is 5.91 Å². The third-order valence-electron chi connectivity index (χ3n) is 4.89. The minimum atomic E-state index is 0.259. The summed E-state index contributed by atoms with van der Waals surface area (Å²) in [7, 11) is 2.03. The first-order valence-corrected chi connectivity index (χ1v) is 8.44. The summed E-state index contributed by atoms with van der Waals surface area (Å²) >= 11 is 0. The highest BCUT2D eigenvalue weighted by Crippen LogP contribution is 2.20. The minimum Gasteiger partial charge on any atom is -0.353 e. The van der Waals surface area contributed by atoms with Gasteiger partial charge in [-0.15, -0.1) is 0 Å². The maximum Gasteiger partial charge on any atom is 0.221 e. The lowest BCUT2D eigenvalue weighted by molar-refractivity contribution is -0.122. The Hall–Kier alpha value is -0.610. The van der Waals surface area contributed by atoms with E-state index in [1.54, 1.807) is 0 Å². The van der Waals surface area contributed by atoms with Gasteiger partial charge in [-0.25, -0.2) is 0 Å². The number of carbonyl (C=O) groups is 1. The molecule has 0 unspecified atom stereocenters. The van der Waals surface area contributed by atoms with Gasteiger partial charge in [0, 0.05) is 19.0 Å². The highest BCUT2D eigenvalue weighted by Gasteiger charge is 2.20. The molecule has 4 nitrogen and oxygen atoms in total. The van der Waals surface area contributed by atoms with Crippen molar-refractivity contribution < 1.29 is 4.79 Å². The predicted octanol–water partition coefficient (Wildman–Crippen LogP) is 1.76. The van der Waals surface area contributed by atoms with Gasteiger partial charge in [-0.1, -0.05) is 12.8 Å². The van der Waals surface area contributed by atoms with E-state index in [1.165, 1.54) is 58.0 Å². The quantitative estimate of drug-likeness (QED) is 0.747. The van der Waals surface area contributed by atoms with Gasteiger partial charge in [0.05, 0.1) is 0 Å². The Morgan fingerprint density at radius 3 is 2.50 bits per heavy atom. The molecule has 1 saturated heterocycles. The van der Waals surface area contributed by atoms with E-state index in [-0.39, 0.29) is 5.91 Å². The molecule has 1 amide bonds. The number of likely N-dealkylation sites (tertiary alicyclic amines) is 1. The predicted molar refractivity (Wildman–Crippen MR) is 82.7 cm³/mol. The molecule has 0 aromatic heterocycles. The molecule has 2 rings (SSSR count). The molecule has 2 N–H and O–H groups in total. The van der Waals surface area contributed by atoms with Gasteiger partial charge in [-0.2, -0.15) is 0 Å². The van der Waals surface area contributed by atoms with Crippen LogP contribution in [0.3, 0.4) is 0 Å². The Kier molecular flexibility index (Phi) is 6.80. The molecule has 4 heteroatoms. The van der Waals surface area contributed by atoms with E-state index in [1.807, 2.05) is 7.05 Å². The Bertz CT molecular complexity index is 281. The van der Waals surface area contributed by atoms with Crippen molar-refractivity contribution in [3.05, 3.63) is 0 Å². The number of nitrogens with zero attached hydrogens (tertiary/aromatic N) is 1. The lowest BCUT2D eigenvalue weighted by atomic mass is 9.93. The first-order valence-electron chi connectivity index (χ1n) is 8.44. The fraction of sp³-hybridized carbons (Fsp3) is 0.938. The molecule has 0 spiro atoms. The Labute approximate surface area is 123 Å². The van der Waals surface area contributed by atoms with Crippen LogP contribution in [0.4, 0.5) is 0 Å².